The van der Waals surface area contributed by atoms with Crippen LogP contribution in [0.3, 0.4) is 0 Å². The topological polar surface area (TPSA) is 135 Å². The zero-order chi connectivity index (χ0) is 31.3. The van der Waals surface area contributed by atoms with Gasteiger partial charge in [-0.05, 0) is 73.0 Å². The molecular formula is C32H32FN5O5S. The predicted octanol–water partition coefficient (Wildman–Crippen LogP) is 5.22. The van der Waals surface area contributed by atoms with E-state index in [4.69, 9.17) is 10.5 Å². The van der Waals surface area contributed by atoms with E-state index in [1.165, 1.54) is 24.3 Å². The summed E-state index contributed by atoms with van der Waals surface area (Å²) in [5.74, 6) is -0.779. The van der Waals surface area contributed by atoms with Crippen LogP contribution in [0.5, 0.6) is 11.6 Å². The number of carbonyl (C=O) groups excluding carboxylic acids is 2. The molecule has 1 aliphatic heterocycles. The highest BCUT2D eigenvalue weighted by atomic mass is 32.2. The maximum absolute atomic E-state index is 14.0. The lowest BCUT2D eigenvalue weighted by Gasteiger charge is -2.38. The molecule has 1 saturated heterocycles. The number of urea groups is 1. The molecular weight excluding hydrogens is 585 g/mol. The van der Waals surface area contributed by atoms with Crippen molar-refractivity contribution in [1.82, 2.24) is 9.88 Å². The summed E-state index contributed by atoms with van der Waals surface area (Å²) < 4.78 is 43.0. The van der Waals surface area contributed by atoms with E-state index in [2.05, 4.69) is 15.2 Å². The first-order valence-corrected chi connectivity index (χ1v) is 15.9. The molecule has 0 unspecified atom stereocenters. The molecule has 0 aliphatic carbocycles. The highest BCUT2D eigenvalue weighted by molar-refractivity contribution is 7.90. The molecule has 3 amide bonds. The van der Waals surface area contributed by atoms with Crippen molar-refractivity contribution >= 4 is 33.2 Å². The molecule has 1 fully saturated rings. The van der Waals surface area contributed by atoms with Crippen molar-refractivity contribution in [3.05, 3.63) is 108 Å². The molecule has 44 heavy (non-hydrogen) atoms. The van der Waals surface area contributed by atoms with Crippen LogP contribution in [0.25, 0.3) is 0 Å². The summed E-state index contributed by atoms with van der Waals surface area (Å²) in [4.78, 5) is 33.7. The summed E-state index contributed by atoms with van der Waals surface area (Å²) in [7, 11) is -3.28. The normalized spacial score (nSPS) is 14.1. The van der Waals surface area contributed by atoms with Crippen LogP contribution in [-0.2, 0) is 16.4 Å². The van der Waals surface area contributed by atoms with Gasteiger partial charge in [0.25, 0.3) is 5.91 Å². The Kier molecular flexibility index (Phi) is 9.21. The largest absolute Gasteiger partial charge is 0.439 e. The lowest BCUT2D eigenvalue weighted by molar-refractivity contribution is 0.0996. The Morgan fingerprint density at radius 3 is 2.34 bits per heavy atom. The summed E-state index contributed by atoms with van der Waals surface area (Å²) in [6.45, 7) is 2.16. The van der Waals surface area contributed by atoms with E-state index in [9.17, 15) is 22.4 Å². The van der Waals surface area contributed by atoms with Gasteiger partial charge in [-0.3, -0.25) is 14.6 Å². The fraction of sp³-hybridized carbons (Fsp3) is 0.219. The van der Waals surface area contributed by atoms with E-state index in [1.807, 2.05) is 36.4 Å². The summed E-state index contributed by atoms with van der Waals surface area (Å²) in [5, 5.41) is 2.80. The molecule has 5 rings (SSSR count). The van der Waals surface area contributed by atoms with Gasteiger partial charge in [0.05, 0.1) is 10.5 Å². The van der Waals surface area contributed by atoms with Gasteiger partial charge in [0.15, 0.2) is 9.84 Å². The number of amides is 3. The first-order valence-electron chi connectivity index (χ1n) is 14.0. The van der Waals surface area contributed by atoms with E-state index in [0.717, 1.165) is 49.5 Å². The first kappa shape index (κ1) is 30.6. The van der Waals surface area contributed by atoms with Crippen LogP contribution in [0, 0.1) is 5.82 Å². The Morgan fingerprint density at radius 2 is 1.73 bits per heavy atom. The SMILES string of the molecule is CS(=O)(=O)c1ccc(Oc2ccc(CN3CCC(N(C(=O)Nc4ccc(F)c(C(N)=O)c4)c4ccccc4)CC3)cn2)cc1. The number of hydrogen-bond donors (Lipinski definition) is 2. The fourth-order valence-corrected chi connectivity index (χ4v) is 5.72. The smallest absolute Gasteiger partial charge is 0.326 e. The number of primary amides is 1. The highest BCUT2D eigenvalue weighted by Crippen LogP contribution is 2.27. The summed E-state index contributed by atoms with van der Waals surface area (Å²) in [6.07, 6.45) is 4.34. The summed E-state index contributed by atoms with van der Waals surface area (Å²) in [6, 6.07) is 22.5. The lowest BCUT2D eigenvalue weighted by Crippen LogP contribution is -2.49. The Labute approximate surface area is 255 Å². The number of ether oxygens (including phenoxy) is 1. The maximum Gasteiger partial charge on any atom is 0.326 e. The van der Waals surface area contributed by atoms with Crippen LogP contribution in [0.4, 0.5) is 20.6 Å². The molecule has 2 heterocycles. The van der Waals surface area contributed by atoms with Crippen LogP contribution in [-0.4, -0.2) is 55.6 Å². The Balaban J connectivity index is 1.20. The van der Waals surface area contributed by atoms with Gasteiger partial charge in [0, 0.05) is 55.6 Å². The molecule has 3 N–H and O–H groups in total. The van der Waals surface area contributed by atoms with Crippen LogP contribution < -0.4 is 20.7 Å². The monoisotopic (exact) mass is 617 g/mol. The minimum atomic E-state index is -3.28. The lowest BCUT2D eigenvalue weighted by atomic mass is 10.0. The molecule has 0 spiro atoms. The molecule has 10 nitrogen and oxygen atoms in total. The average molecular weight is 618 g/mol. The number of nitrogens with two attached hydrogens (primary N) is 1. The van der Waals surface area contributed by atoms with E-state index < -0.39 is 21.6 Å². The quantitative estimate of drug-likeness (QED) is 0.263. The second kappa shape index (κ2) is 13.2. The van der Waals surface area contributed by atoms with E-state index in [0.29, 0.717) is 18.2 Å². The van der Waals surface area contributed by atoms with Crippen LogP contribution in [0.15, 0.2) is 96.0 Å². The Hall–Kier alpha value is -4.81. The van der Waals surface area contributed by atoms with Crippen LogP contribution >= 0.6 is 0 Å². The number of benzene rings is 3. The number of rotatable bonds is 9. The fourth-order valence-electron chi connectivity index (χ4n) is 5.09. The van der Waals surface area contributed by atoms with Crippen molar-refractivity contribution in [2.75, 3.05) is 29.6 Å². The molecule has 0 atom stereocenters. The van der Waals surface area contributed by atoms with Gasteiger partial charge in [0.1, 0.15) is 11.6 Å². The van der Waals surface area contributed by atoms with Gasteiger partial charge in [-0.2, -0.15) is 0 Å². The van der Waals surface area contributed by atoms with E-state index in [1.54, 1.807) is 29.3 Å². The van der Waals surface area contributed by atoms with Crippen LogP contribution in [0.1, 0.15) is 28.8 Å². The number of sulfone groups is 1. The number of halogens is 1. The molecule has 0 radical (unpaired) electrons. The van der Waals surface area contributed by atoms with Crippen molar-refractivity contribution in [2.24, 2.45) is 5.73 Å². The molecule has 228 valence electrons. The molecule has 3 aromatic carbocycles. The molecule has 1 aliphatic rings. The Bertz CT molecular complexity index is 1730. The third-order valence-corrected chi connectivity index (χ3v) is 8.47. The Morgan fingerprint density at radius 1 is 1.02 bits per heavy atom. The number of nitrogens with zero attached hydrogens (tertiary/aromatic N) is 3. The second-order valence-corrected chi connectivity index (χ2v) is 12.6. The summed E-state index contributed by atoms with van der Waals surface area (Å²) in [5.41, 5.74) is 6.98. The van der Waals surface area contributed by atoms with Gasteiger partial charge in [-0.15, -0.1) is 0 Å². The van der Waals surface area contributed by atoms with Crippen molar-refractivity contribution in [1.29, 1.82) is 0 Å². The number of pyridine rings is 1. The average Bonchev–Trinajstić information content (AvgIpc) is 3.00. The van der Waals surface area contributed by atoms with E-state index >= 15 is 0 Å². The number of para-hydroxylation sites is 1. The zero-order valence-corrected chi connectivity index (χ0v) is 24.8. The molecule has 0 saturated carbocycles. The number of likely N-dealkylation sites (tertiary alicyclic amines) is 1. The number of anilines is 2. The van der Waals surface area contributed by atoms with Crippen molar-refractivity contribution in [3.8, 4) is 11.6 Å². The number of aromatic nitrogens is 1. The number of piperidine rings is 1. The van der Waals surface area contributed by atoms with Gasteiger partial charge in [-0.25, -0.2) is 22.6 Å². The van der Waals surface area contributed by atoms with Gasteiger partial charge < -0.3 is 15.8 Å². The third kappa shape index (κ3) is 7.57. The van der Waals surface area contributed by atoms with Crippen molar-refractivity contribution in [3.63, 3.8) is 0 Å². The van der Waals surface area contributed by atoms with Crippen molar-refractivity contribution in [2.45, 2.75) is 30.3 Å². The maximum atomic E-state index is 14.0. The predicted molar refractivity (Wildman–Crippen MR) is 165 cm³/mol. The van der Waals surface area contributed by atoms with Gasteiger partial charge in [-0.1, -0.05) is 24.3 Å². The number of nitrogens with one attached hydrogen (secondary N) is 1. The van der Waals surface area contributed by atoms with Gasteiger partial charge in [0.2, 0.25) is 5.88 Å². The standard InChI is InChI=1S/C32H32FN5O5S/c1-44(41,42)27-11-9-26(10-12-27)43-30-14-7-22(20-35-30)21-37-17-15-25(16-18-37)38(24-5-3-2-4-6-24)32(40)36-23-8-13-29(33)28(19-23)31(34)39/h2-14,19-20,25H,15-18,21H2,1H3,(H2,34,39)(H,36,40). The number of hydrogen-bond acceptors (Lipinski definition) is 7. The second-order valence-electron chi connectivity index (χ2n) is 10.6. The third-order valence-electron chi connectivity index (χ3n) is 7.34. The number of carbonyl (C=O) groups is 2. The van der Waals surface area contributed by atoms with Crippen LogP contribution in [0.2, 0.25) is 0 Å². The minimum absolute atomic E-state index is 0.0901. The molecule has 12 heteroatoms. The molecule has 0 bridgehead atoms. The highest BCUT2D eigenvalue weighted by Gasteiger charge is 2.29. The van der Waals surface area contributed by atoms with E-state index in [-0.39, 0.29) is 28.2 Å². The molecule has 1 aromatic heterocycles. The van der Waals surface area contributed by atoms with Gasteiger partial charge >= 0.3 is 6.03 Å². The van der Waals surface area contributed by atoms with Crippen molar-refractivity contribution < 1.29 is 27.1 Å². The zero-order valence-electron chi connectivity index (χ0n) is 24.0. The first-order chi connectivity index (χ1) is 21.1. The summed E-state index contributed by atoms with van der Waals surface area (Å²) >= 11 is 0. The molecule has 4 aromatic rings. The minimum Gasteiger partial charge on any atom is -0.439 e.